The van der Waals surface area contributed by atoms with Crippen LogP contribution in [0.2, 0.25) is 0 Å². The topological polar surface area (TPSA) is 21.3 Å². The van der Waals surface area contributed by atoms with Crippen LogP contribution in [-0.2, 0) is 4.74 Å². The molecule has 4 heteroatoms. The molecule has 0 spiro atoms. The molecule has 0 heterocycles. The van der Waals surface area contributed by atoms with Crippen molar-refractivity contribution in [3.8, 4) is 0 Å². The molecule has 0 amide bonds. The summed E-state index contributed by atoms with van der Waals surface area (Å²) in [6, 6.07) is 4.96. The predicted octanol–water partition coefficient (Wildman–Crippen LogP) is 2.89. The summed E-state index contributed by atoms with van der Waals surface area (Å²) in [7, 11) is 1.80. The van der Waals surface area contributed by atoms with Crippen LogP contribution in [0.1, 0.15) is 18.5 Å². The molecule has 15 heavy (non-hydrogen) atoms. The van der Waals surface area contributed by atoms with Gasteiger partial charge in [-0.05, 0) is 26.1 Å². The first-order chi connectivity index (χ1) is 7.19. The lowest BCUT2D eigenvalue weighted by atomic mass is 10.1. The van der Waals surface area contributed by atoms with E-state index < -0.39 is 0 Å². The lowest BCUT2D eigenvalue weighted by Gasteiger charge is -2.17. The molecule has 0 aliphatic carbocycles. The van der Waals surface area contributed by atoms with Gasteiger partial charge in [-0.1, -0.05) is 22.0 Å². The minimum Gasteiger partial charge on any atom is -0.380 e. The van der Waals surface area contributed by atoms with E-state index in [-0.39, 0.29) is 11.9 Å². The van der Waals surface area contributed by atoms with E-state index in [2.05, 4.69) is 21.2 Å². The fraction of sp³-hybridized carbons (Fsp3) is 0.455. The quantitative estimate of drug-likeness (QED) is 0.892. The van der Waals surface area contributed by atoms with Crippen molar-refractivity contribution < 1.29 is 9.13 Å². The van der Waals surface area contributed by atoms with Gasteiger partial charge in [-0.2, -0.15) is 0 Å². The Morgan fingerprint density at radius 1 is 1.53 bits per heavy atom. The van der Waals surface area contributed by atoms with Crippen molar-refractivity contribution in [1.82, 2.24) is 5.32 Å². The second-order valence-corrected chi connectivity index (χ2v) is 4.08. The van der Waals surface area contributed by atoms with Crippen LogP contribution in [-0.4, -0.2) is 20.3 Å². The van der Waals surface area contributed by atoms with Crippen molar-refractivity contribution in [2.75, 3.05) is 20.3 Å². The number of halogens is 2. The molecule has 0 aliphatic heterocycles. The van der Waals surface area contributed by atoms with E-state index in [1.54, 1.807) is 13.1 Å². The molecule has 84 valence electrons. The van der Waals surface area contributed by atoms with Crippen LogP contribution in [0.5, 0.6) is 0 Å². The molecule has 1 atom stereocenters. The number of ether oxygens (including phenoxy) is 1. The van der Waals surface area contributed by atoms with Crippen molar-refractivity contribution >= 4 is 15.9 Å². The SMILES string of the molecule is CCOCC(NC)c1ccc(Br)cc1F. The molecular weight excluding hydrogens is 261 g/mol. The van der Waals surface area contributed by atoms with Gasteiger partial charge in [0.05, 0.1) is 12.6 Å². The average molecular weight is 276 g/mol. The van der Waals surface area contributed by atoms with Crippen molar-refractivity contribution in [3.05, 3.63) is 34.1 Å². The largest absolute Gasteiger partial charge is 0.380 e. The van der Waals surface area contributed by atoms with Crippen LogP contribution >= 0.6 is 15.9 Å². The maximum absolute atomic E-state index is 13.6. The second kappa shape index (κ2) is 6.20. The maximum atomic E-state index is 13.6. The zero-order valence-corrected chi connectivity index (χ0v) is 10.5. The Hall–Kier alpha value is -0.450. The van der Waals surface area contributed by atoms with Gasteiger partial charge in [0.2, 0.25) is 0 Å². The van der Waals surface area contributed by atoms with Gasteiger partial charge in [-0.3, -0.25) is 0 Å². The fourth-order valence-electron chi connectivity index (χ4n) is 1.35. The highest BCUT2D eigenvalue weighted by Gasteiger charge is 2.13. The van der Waals surface area contributed by atoms with E-state index in [9.17, 15) is 4.39 Å². The molecule has 1 unspecified atom stereocenters. The Balaban J connectivity index is 2.81. The first-order valence-electron chi connectivity index (χ1n) is 4.89. The number of nitrogens with one attached hydrogen (secondary N) is 1. The van der Waals surface area contributed by atoms with Crippen LogP contribution in [0, 0.1) is 5.82 Å². The summed E-state index contributed by atoms with van der Waals surface area (Å²) < 4.78 is 19.6. The van der Waals surface area contributed by atoms with Gasteiger partial charge >= 0.3 is 0 Å². The second-order valence-electron chi connectivity index (χ2n) is 3.17. The molecular formula is C11H15BrFNO. The van der Waals surface area contributed by atoms with Crippen molar-refractivity contribution in [1.29, 1.82) is 0 Å². The molecule has 0 bridgehead atoms. The summed E-state index contributed by atoms with van der Waals surface area (Å²) in [5.74, 6) is -0.219. The Labute approximate surface area is 98.0 Å². The smallest absolute Gasteiger partial charge is 0.129 e. The van der Waals surface area contributed by atoms with Gasteiger partial charge in [0.15, 0.2) is 0 Å². The predicted molar refractivity (Wildman–Crippen MR) is 62.4 cm³/mol. The Bertz CT molecular complexity index is 319. The van der Waals surface area contributed by atoms with Crippen molar-refractivity contribution in [3.63, 3.8) is 0 Å². The molecule has 1 aromatic carbocycles. The number of hydrogen-bond donors (Lipinski definition) is 1. The van der Waals surface area contributed by atoms with E-state index >= 15 is 0 Å². The molecule has 0 saturated carbocycles. The lowest BCUT2D eigenvalue weighted by molar-refractivity contribution is 0.124. The minimum atomic E-state index is -0.219. The molecule has 1 rings (SSSR count). The molecule has 1 aromatic rings. The summed E-state index contributed by atoms with van der Waals surface area (Å²) in [5.41, 5.74) is 0.633. The third kappa shape index (κ3) is 3.55. The summed E-state index contributed by atoms with van der Waals surface area (Å²) in [6.45, 7) is 3.03. The molecule has 0 saturated heterocycles. The van der Waals surface area contributed by atoms with Crippen LogP contribution in [0.3, 0.4) is 0 Å². The highest BCUT2D eigenvalue weighted by molar-refractivity contribution is 9.10. The van der Waals surface area contributed by atoms with E-state index in [0.717, 1.165) is 4.47 Å². The van der Waals surface area contributed by atoms with Gasteiger partial charge in [-0.15, -0.1) is 0 Å². The molecule has 1 N–H and O–H groups in total. The molecule has 0 fully saturated rings. The highest BCUT2D eigenvalue weighted by atomic mass is 79.9. The van der Waals surface area contributed by atoms with Crippen molar-refractivity contribution in [2.45, 2.75) is 13.0 Å². The normalized spacial score (nSPS) is 12.8. The summed E-state index contributed by atoms with van der Waals surface area (Å²) in [4.78, 5) is 0. The van der Waals surface area contributed by atoms with Crippen LogP contribution in [0.25, 0.3) is 0 Å². The average Bonchev–Trinajstić information content (AvgIpc) is 2.21. The van der Waals surface area contributed by atoms with E-state index in [1.165, 1.54) is 6.07 Å². The summed E-state index contributed by atoms with van der Waals surface area (Å²) in [6.07, 6.45) is 0. The standard InChI is InChI=1S/C11H15BrFNO/c1-3-15-7-11(14-2)9-5-4-8(12)6-10(9)13/h4-6,11,14H,3,7H2,1-2H3. The van der Waals surface area contributed by atoms with Gasteiger partial charge in [0.25, 0.3) is 0 Å². The Morgan fingerprint density at radius 3 is 2.80 bits per heavy atom. The third-order valence-electron chi connectivity index (χ3n) is 2.18. The number of hydrogen-bond acceptors (Lipinski definition) is 2. The number of benzene rings is 1. The van der Waals surface area contributed by atoms with Crippen LogP contribution < -0.4 is 5.32 Å². The van der Waals surface area contributed by atoms with E-state index in [0.29, 0.717) is 18.8 Å². The van der Waals surface area contributed by atoms with Gasteiger partial charge in [0.1, 0.15) is 5.82 Å². The number of likely N-dealkylation sites (N-methyl/N-ethyl adjacent to an activating group) is 1. The third-order valence-corrected chi connectivity index (χ3v) is 2.67. The first kappa shape index (κ1) is 12.6. The number of rotatable bonds is 5. The van der Waals surface area contributed by atoms with Crippen molar-refractivity contribution in [2.24, 2.45) is 0 Å². The summed E-state index contributed by atoms with van der Waals surface area (Å²) in [5, 5.41) is 3.03. The summed E-state index contributed by atoms with van der Waals surface area (Å²) >= 11 is 3.23. The van der Waals surface area contributed by atoms with Gasteiger partial charge in [0, 0.05) is 16.6 Å². The lowest BCUT2D eigenvalue weighted by Crippen LogP contribution is -2.22. The van der Waals surface area contributed by atoms with E-state index in [4.69, 9.17) is 4.74 Å². The van der Waals surface area contributed by atoms with Gasteiger partial charge < -0.3 is 10.1 Å². The highest BCUT2D eigenvalue weighted by Crippen LogP contribution is 2.21. The van der Waals surface area contributed by atoms with Crippen LogP contribution in [0.4, 0.5) is 4.39 Å². The maximum Gasteiger partial charge on any atom is 0.129 e. The fourth-order valence-corrected chi connectivity index (χ4v) is 1.68. The molecule has 0 radical (unpaired) electrons. The first-order valence-corrected chi connectivity index (χ1v) is 5.68. The van der Waals surface area contributed by atoms with E-state index in [1.807, 2.05) is 13.0 Å². The minimum absolute atomic E-state index is 0.0990. The molecule has 0 aromatic heterocycles. The molecule has 2 nitrogen and oxygen atoms in total. The van der Waals surface area contributed by atoms with Gasteiger partial charge in [-0.25, -0.2) is 4.39 Å². The Morgan fingerprint density at radius 2 is 2.27 bits per heavy atom. The molecule has 0 aliphatic rings. The zero-order chi connectivity index (χ0) is 11.3. The monoisotopic (exact) mass is 275 g/mol. The zero-order valence-electron chi connectivity index (χ0n) is 8.89. The Kier molecular flexibility index (Phi) is 5.22. The van der Waals surface area contributed by atoms with Crippen LogP contribution in [0.15, 0.2) is 22.7 Å².